The van der Waals surface area contributed by atoms with Gasteiger partial charge in [-0.25, -0.2) is 0 Å². The monoisotopic (exact) mass is 297 g/mol. The zero-order valence-corrected chi connectivity index (χ0v) is 13.6. The van der Waals surface area contributed by atoms with E-state index >= 15 is 0 Å². The highest BCUT2D eigenvalue weighted by atomic mass is 16.5. The summed E-state index contributed by atoms with van der Waals surface area (Å²) in [6.07, 6.45) is 0. The number of aryl methyl sites for hydroxylation is 2. The van der Waals surface area contributed by atoms with Gasteiger partial charge in [-0.15, -0.1) is 0 Å². The molecule has 1 amide bonds. The standard InChI is InChI=1S/C19H23NO2/c1-13(2)17-7-5-6-8-18(17)22-12-19(21)20-16-10-9-14(3)15(4)11-16/h5-11,13H,12H2,1-4H3,(H,20,21). The van der Waals surface area contributed by atoms with Crippen LogP contribution in [0.15, 0.2) is 42.5 Å². The van der Waals surface area contributed by atoms with Crippen LogP contribution in [0, 0.1) is 13.8 Å². The summed E-state index contributed by atoms with van der Waals surface area (Å²) >= 11 is 0. The second-order valence-electron chi connectivity index (χ2n) is 5.83. The number of hydrogen-bond acceptors (Lipinski definition) is 2. The first-order valence-electron chi connectivity index (χ1n) is 7.56. The van der Waals surface area contributed by atoms with E-state index in [0.29, 0.717) is 5.92 Å². The molecule has 2 aromatic carbocycles. The topological polar surface area (TPSA) is 38.3 Å². The number of amides is 1. The largest absolute Gasteiger partial charge is 0.483 e. The molecule has 0 aliphatic heterocycles. The van der Waals surface area contributed by atoms with Gasteiger partial charge in [-0.1, -0.05) is 38.1 Å². The molecule has 0 aliphatic carbocycles. The second-order valence-corrected chi connectivity index (χ2v) is 5.83. The summed E-state index contributed by atoms with van der Waals surface area (Å²) in [5.41, 5.74) is 4.28. The molecular weight excluding hydrogens is 274 g/mol. The number of para-hydroxylation sites is 1. The molecule has 0 saturated heterocycles. The van der Waals surface area contributed by atoms with Crippen molar-refractivity contribution in [1.82, 2.24) is 0 Å². The minimum absolute atomic E-state index is 0.0106. The summed E-state index contributed by atoms with van der Waals surface area (Å²) < 4.78 is 5.67. The van der Waals surface area contributed by atoms with E-state index in [9.17, 15) is 4.79 Å². The van der Waals surface area contributed by atoms with Crippen molar-refractivity contribution < 1.29 is 9.53 Å². The first-order valence-corrected chi connectivity index (χ1v) is 7.56. The van der Waals surface area contributed by atoms with Crippen LogP contribution in [0.25, 0.3) is 0 Å². The van der Waals surface area contributed by atoms with Gasteiger partial charge < -0.3 is 10.1 Å². The van der Waals surface area contributed by atoms with E-state index in [-0.39, 0.29) is 12.5 Å². The van der Waals surface area contributed by atoms with Crippen LogP contribution in [0.4, 0.5) is 5.69 Å². The molecule has 2 aromatic rings. The lowest BCUT2D eigenvalue weighted by molar-refractivity contribution is -0.118. The van der Waals surface area contributed by atoms with Crippen LogP contribution >= 0.6 is 0 Å². The van der Waals surface area contributed by atoms with Gasteiger partial charge in [0, 0.05) is 5.69 Å². The summed E-state index contributed by atoms with van der Waals surface area (Å²) in [6.45, 7) is 8.30. The van der Waals surface area contributed by atoms with Crippen molar-refractivity contribution in [3.63, 3.8) is 0 Å². The third-order valence-electron chi connectivity index (χ3n) is 3.69. The molecule has 0 bridgehead atoms. The van der Waals surface area contributed by atoms with E-state index in [1.54, 1.807) is 0 Å². The van der Waals surface area contributed by atoms with E-state index in [1.807, 2.05) is 56.3 Å². The van der Waals surface area contributed by atoms with Gasteiger partial charge in [-0.3, -0.25) is 4.79 Å². The maximum atomic E-state index is 12.0. The Morgan fingerprint density at radius 2 is 1.82 bits per heavy atom. The molecule has 0 spiro atoms. The highest BCUT2D eigenvalue weighted by Crippen LogP contribution is 2.25. The van der Waals surface area contributed by atoms with Crippen molar-refractivity contribution in [1.29, 1.82) is 0 Å². The Morgan fingerprint density at radius 3 is 2.50 bits per heavy atom. The molecule has 116 valence electrons. The van der Waals surface area contributed by atoms with Crippen molar-refractivity contribution in [2.24, 2.45) is 0 Å². The maximum absolute atomic E-state index is 12.0. The second kappa shape index (κ2) is 7.12. The number of hydrogen-bond donors (Lipinski definition) is 1. The predicted octanol–water partition coefficient (Wildman–Crippen LogP) is 4.44. The van der Waals surface area contributed by atoms with Crippen molar-refractivity contribution >= 4 is 11.6 Å². The first kappa shape index (κ1) is 16.1. The number of anilines is 1. The normalized spacial score (nSPS) is 10.6. The molecule has 3 heteroatoms. The Balaban J connectivity index is 1.97. The Morgan fingerprint density at radius 1 is 1.09 bits per heavy atom. The molecule has 0 heterocycles. The lowest BCUT2D eigenvalue weighted by Crippen LogP contribution is -2.20. The summed E-state index contributed by atoms with van der Waals surface area (Å²) in [4.78, 5) is 12.0. The number of carbonyl (C=O) groups is 1. The van der Waals surface area contributed by atoms with Crippen LogP contribution in [0.5, 0.6) is 5.75 Å². The number of benzene rings is 2. The molecule has 2 rings (SSSR count). The molecule has 1 N–H and O–H groups in total. The fourth-order valence-corrected chi connectivity index (χ4v) is 2.25. The predicted molar refractivity (Wildman–Crippen MR) is 90.6 cm³/mol. The molecule has 0 fully saturated rings. The van der Waals surface area contributed by atoms with E-state index in [1.165, 1.54) is 5.56 Å². The zero-order chi connectivity index (χ0) is 16.1. The Hall–Kier alpha value is -2.29. The first-order chi connectivity index (χ1) is 10.5. The molecule has 0 radical (unpaired) electrons. The number of rotatable bonds is 5. The number of ether oxygens (including phenoxy) is 1. The van der Waals surface area contributed by atoms with Crippen LogP contribution in [-0.2, 0) is 4.79 Å². The minimum atomic E-state index is -0.151. The summed E-state index contributed by atoms with van der Waals surface area (Å²) in [6, 6.07) is 13.7. The van der Waals surface area contributed by atoms with Gasteiger partial charge >= 0.3 is 0 Å². The van der Waals surface area contributed by atoms with Gasteiger partial charge in [0.2, 0.25) is 0 Å². The van der Waals surface area contributed by atoms with Crippen LogP contribution in [-0.4, -0.2) is 12.5 Å². The average molecular weight is 297 g/mol. The number of carbonyl (C=O) groups excluding carboxylic acids is 1. The highest BCUT2D eigenvalue weighted by molar-refractivity contribution is 5.92. The van der Waals surface area contributed by atoms with Crippen LogP contribution in [0.2, 0.25) is 0 Å². The average Bonchev–Trinajstić information content (AvgIpc) is 2.49. The van der Waals surface area contributed by atoms with E-state index in [2.05, 4.69) is 19.2 Å². The molecule has 0 unspecified atom stereocenters. The van der Waals surface area contributed by atoms with Gasteiger partial charge in [0.1, 0.15) is 5.75 Å². The van der Waals surface area contributed by atoms with Gasteiger partial charge in [0.05, 0.1) is 0 Å². The van der Waals surface area contributed by atoms with Gasteiger partial charge in [-0.2, -0.15) is 0 Å². The van der Waals surface area contributed by atoms with E-state index in [4.69, 9.17) is 4.74 Å². The maximum Gasteiger partial charge on any atom is 0.262 e. The Bertz CT molecular complexity index is 662. The van der Waals surface area contributed by atoms with Crippen molar-refractivity contribution in [3.8, 4) is 5.75 Å². The molecule has 0 atom stereocenters. The third-order valence-corrected chi connectivity index (χ3v) is 3.69. The minimum Gasteiger partial charge on any atom is -0.483 e. The fraction of sp³-hybridized carbons (Fsp3) is 0.316. The molecule has 0 aliphatic rings. The molecular formula is C19H23NO2. The van der Waals surface area contributed by atoms with Gasteiger partial charge in [0.15, 0.2) is 6.61 Å². The quantitative estimate of drug-likeness (QED) is 0.885. The highest BCUT2D eigenvalue weighted by Gasteiger charge is 2.09. The van der Waals surface area contributed by atoms with Crippen molar-refractivity contribution in [2.45, 2.75) is 33.6 Å². The molecule has 22 heavy (non-hydrogen) atoms. The SMILES string of the molecule is Cc1ccc(NC(=O)COc2ccccc2C(C)C)cc1C. The van der Waals surface area contributed by atoms with Crippen LogP contribution < -0.4 is 10.1 Å². The summed E-state index contributed by atoms with van der Waals surface area (Å²) in [7, 11) is 0. The van der Waals surface area contributed by atoms with Crippen LogP contribution in [0.3, 0.4) is 0 Å². The van der Waals surface area contributed by atoms with E-state index in [0.717, 1.165) is 22.6 Å². The van der Waals surface area contributed by atoms with Gasteiger partial charge in [-0.05, 0) is 54.7 Å². The zero-order valence-electron chi connectivity index (χ0n) is 13.6. The van der Waals surface area contributed by atoms with E-state index < -0.39 is 0 Å². The molecule has 0 saturated carbocycles. The summed E-state index contributed by atoms with van der Waals surface area (Å²) in [5.74, 6) is 0.980. The van der Waals surface area contributed by atoms with Crippen LogP contribution in [0.1, 0.15) is 36.5 Å². The summed E-state index contributed by atoms with van der Waals surface area (Å²) in [5, 5.41) is 2.86. The van der Waals surface area contributed by atoms with Crippen molar-refractivity contribution in [2.75, 3.05) is 11.9 Å². The van der Waals surface area contributed by atoms with Crippen molar-refractivity contribution in [3.05, 3.63) is 59.2 Å². The molecule has 0 aromatic heterocycles. The number of nitrogens with one attached hydrogen (secondary N) is 1. The Labute approximate surface area is 132 Å². The Kier molecular flexibility index (Phi) is 5.21. The smallest absolute Gasteiger partial charge is 0.262 e. The fourth-order valence-electron chi connectivity index (χ4n) is 2.25. The van der Waals surface area contributed by atoms with Gasteiger partial charge in [0.25, 0.3) is 5.91 Å². The lowest BCUT2D eigenvalue weighted by atomic mass is 10.0. The molecule has 3 nitrogen and oxygen atoms in total. The third kappa shape index (κ3) is 4.10. The lowest BCUT2D eigenvalue weighted by Gasteiger charge is -2.14.